The van der Waals surface area contributed by atoms with Gasteiger partial charge in [0.25, 0.3) is 0 Å². The Morgan fingerprint density at radius 3 is 1.59 bits per heavy atom. The minimum Gasteiger partial charge on any atom is -0.373 e. The summed E-state index contributed by atoms with van der Waals surface area (Å²) in [6, 6.07) is 0. The topological polar surface area (TPSA) is 89.5 Å². The zero-order chi connectivity index (χ0) is 27.1. The van der Waals surface area contributed by atoms with Crippen LogP contribution in [-0.4, -0.2) is 76.2 Å². The lowest BCUT2D eigenvalue weighted by atomic mass is 9.84. The third-order valence-electron chi connectivity index (χ3n) is 7.21. The molecule has 0 aromatic rings. The zero-order valence-corrected chi connectivity index (χ0v) is 23.0. The summed E-state index contributed by atoms with van der Waals surface area (Å²) in [5.74, 6) is -0.905. The first kappa shape index (κ1) is 31.0. The predicted octanol–water partition coefficient (Wildman–Crippen LogP) is 5.24. The Morgan fingerprint density at radius 1 is 0.730 bits per heavy atom. The Bertz CT molecular complexity index is 787. The molecule has 2 aliphatic carbocycles. The van der Waals surface area contributed by atoms with Gasteiger partial charge in [-0.2, -0.15) is 21.6 Å². The number of halogens is 3. The average molecular weight is 561 g/mol. The van der Waals surface area contributed by atoms with Crippen LogP contribution in [0.25, 0.3) is 0 Å². The minimum atomic E-state index is -5.95. The molecule has 218 valence electrons. The second kappa shape index (κ2) is 13.7. The molecule has 1 saturated heterocycles. The van der Waals surface area contributed by atoms with Crippen molar-refractivity contribution in [3.8, 4) is 0 Å². The predicted molar refractivity (Wildman–Crippen MR) is 129 cm³/mol. The highest BCUT2D eigenvalue weighted by molar-refractivity contribution is 7.87. The van der Waals surface area contributed by atoms with E-state index in [0.29, 0.717) is 38.7 Å². The van der Waals surface area contributed by atoms with Crippen LogP contribution < -0.4 is 0 Å². The molecule has 0 radical (unpaired) electrons. The second-order valence-corrected chi connectivity index (χ2v) is 11.7. The second-order valence-electron chi connectivity index (χ2n) is 10.2. The van der Waals surface area contributed by atoms with Crippen LogP contribution in [0.1, 0.15) is 91.4 Å². The fourth-order valence-corrected chi connectivity index (χ4v) is 5.83. The molecule has 12 heteroatoms. The molecule has 1 heterocycles. The Morgan fingerprint density at radius 2 is 1.16 bits per heavy atom. The van der Waals surface area contributed by atoms with Gasteiger partial charge in [-0.3, -0.25) is 4.18 Å². The van der Waals surface area contributed by atoms with Crippen LogP contribution >= 0.6 is 0 Å². The molecule has 1 aliphatic heterocycles. The molecule has 6 atom stereocenters. The minimum absolute atomic E-state index is 0.200. The zero-order valence-electron chi connectivity index (χ0n) is 22.2. The Balaban J connectivity index is 2.02. The fourth-order valence-electron chi connectivity index (χ4n) is 5.21. The number of hydrogen-bond acceptors (Lipinski definition) is 8. The van der Waals surface area contributed by atoms with Crippen LogP contribution in [0, 0.1) is 0 Å². The summed E-state index contributed by atoms with van der Waals surface area (Å²) in [6.07, 6.45) is 2.13. The van der Waals surface area contributed by atoms with Crippen molar-refractivity contribution >= 4 is 10.1 Å². The summed E-state index contributed by atoms with van der Waals surface area (Å²) >= 11 is 0. The van der Waals surface area contributed by atoms with E-state index in [0.717, 1.165) is 38.5 Å². The number of rotatable bonds is 14. The van der Waals surface area contributed by atoms with E-state index in [-0.39, 0.29) is 13.2 Å². The van der Waals surface area contributed by atoms with Crippen molar-refractivity contribution in [1.82, 2.24) is 0 Å². The maximum absolute atomic E-state index is 13.5. The van der Waals surface area contributed by atoms with E-state index in [9.17, 15) is 21.6 Å². The van der Waals surface area contributed by atoms with Crippen molar-refractivity contribution in [3.63, 3.8) is 0 Å². The summed E-state index contributed by atoms with van der Waals surface area (Å²) in [7, 11) is -5.95. The molecule has 3 rings (SSSR count). The first-order valence-corrected chi connectivity index (χ1v) is 15.2. The number of ether oxygens (including phenoxy) is 5. The first-order valence-electron chi connectivity index (χ1n) is 13.8. The van der Waals surface area contributed by atoms with Crippen molar-refractivity contribution in [2.75, 3.05) is 19.8 Å². The van der Waals surface area contributed by atoms with E-state index >= 15 is 0 Å². The van der Waals surface area contributed by atoms with Gasteiger partial charge in [0, 0.05) is 32.7 Å². The highest BCUT2D eigenvalue weighted by atomic mass is 32.2. The lowest BCUT2D eigenvalue weighted by Gasteiger charge is -2.46. The van der Waals surface area contributed by atoms with Gasteiger partial charge in [-0.1, -0.05) is 46.5 Å². The largest absolute Gasteiger partial charge is 0.523 e. The normalized spacial score (nSPS) is 32.1. The van der Waals surface area contributed by atoms with Crippen molar-refractivity contribution in [2.45, 2.75) is 139 Å². The number of fused-ring (bicyclic) bond motifs is 1. The van der Waals surface area contributed by atoms with Crippen molar-refractivity contribution < 1.29 is 49.5 Å². The number of unbranched alkanes of at least 4 members (excludes halogenated alkanes) is 3. The smallest absolute Gasteiger partial charge is 0.373 e. The van der Waals surface area contributed by atoms with Crippen LogP contribution in [0.15, 0.2) is 0 Å². The van der Waals surface area contributed by atoms with Crippen LogP contribution in [0.4, 0.5) is 13.2 Å². The lowest BCUT2D eigenvalue weighted by Crippen LogP contribution is -2.66. The lowest BCUT2D eigenvalue weighted by molar-refractivity contribution is -0.227. The third kappa shape index (κ3) is 7.58. The van der Waals surface area contributed by atoms with Gasteiger partial charge in [-0.05, 0) is 32.1 Å². The SMILES string of the molecule is CCCCOC1C2OC3(CCCCC3)O[C@@H]2[C@H](OCCCC)C(OCCCC)[C@@H]1OS(=O)(=O)C(F)(F)F. The van der Waals surface area contributed by atoms with Gasteiger partial charge in [0.2, 0.25) is 0 Å². The maximum Gasteiger partial charge on any atom is 0.523 e. The van der Waals surface area contributed by atoms with Crippen molar-refractivity contribution in [2.24, 2.45) is 0 Å². The molecular weight excluding hydrogens is 517 g/mol. The van der Waals surface area contributed by atoms with Gasteiger partial charge in [-0.15, -0.1) is 0 Å². The summed E-state index contributed by atoms with van der Waals surface area (Å²) in [5, 5.41) is 0. The molecule has 2 saturated carbocycles. The van der Waals surface area contributed by atoms with Gasteiger partial charge in [-0.25, -0.2) is 0 Å². The maximum atomic E-state index is 13.5. The molecular formula is C25H43F3O8S. The standard InChI is InChI=1S/C25H43F3O8S/c1-4-7-15-31-18-19(32-16-8-5-2)23(36-37(29,30)25(26,27)28)20(33-17-9-6-3)22-21(18)34-24(35-22)13-11-10-12-14-24/h18-23H,4-17H2,1-3H3/t18-,19?,20?,21-,22?,23+/m1/s1. The number of hydrogen-bond donors (Lipinski definition) is 0. The Kier molecular flexibility index (Phi) is 11.5. The quantitative estimate of drug-likeness (QED) is 0.162. The summed E-state index contributed by atoms with van der Waals surface area (Å²) in [4.78, 5) is 0. The number of alkyl halides is 3. The van der Waals surface area contributed by atoms with Gasteiger partial charge in [0.15, 0.2) is 5.79 Å². The molecule has 0 N–H and O–H groups in total. The van der Waals surface area contributed by atoms with E-state index in [1.54, 1.807) is 0 Å². The van der Waals surface area contributed by atoms with Crippen LogP contribution in [-0.2, 0) is 38.0 Å². The Hall–Kier alpha value is -0.500. The highest BCUT2D eigenvalue weighted by Gasteiger charge is 2.64. The van der Waals surface area contributed by atoms with E-state index < -0.39 is 58.0 Å². The monoisotopic (exact) mass is 560 g/mol. The van der Waals surface area contributed by atoms with Gasteiger partial charge in [0.05, 0.1) is 0 Å². The van der Waals surface area contributed by atoms with Crippen LogP contribution in [0.2, 0.25) is 0 Å². The first-order chi connectivity index (χ1) is 17.6. The third-order valence-corrected chi connectivity index (χ3v) is 8.25. The van der Waals surface area contributed by atoms with Gasteiger partial charge in [0.1, 0.15) is 36.6 Å². The van der Waals surface area contributed by atoms with Crippen LogP contribution in [0.5, 0.6) is 0 Å². The average Bonchev–Trinajstić information content (AvgIpc) is 3.20. The van der Waals surface area contributed by atoms with Crippen LogP contribution in [0.3, 0.4) is 0 Å². The molecule has 3 unspecified atom stereocenters. The van der Waals surface area contributed by atoms with E-state index in [4.69, 9.17) is 27.9 Å². The molecule has 0 amide bonds. The van der Waals surface area contributed by atoms with Crippen molar-refractivity contribution in [1.29, 1.82) is 0 Å². The van der Waals surface area contributed by atoms with E-state index in [1.807, 2.05) is 20.8 Å². The molecule has 0 aromatic carbocycles. The van der Waals surface area contributed by atoms with Gasteiger partial charge >= 0.3 is 15.6 Å². The van der Waals surface area contributed by atoms with Gasteiger partial charge < -0.3 is 23.7 Å². The summed E-state index contributed by atoms with van der Waals surface area (Å²) in [5.41, 5.74) is -5.60. The summed E-state index contributed by atoms with van der Waals surface area (Å²) < 4.78 is 101. The molecule has 37 heavy (non-hydrogen) atoms. The van der Waals surface area contributed by atoms with E-state index in [2.05, 4.69) is 0 Å². The molecule has 0 bridgehead atoms. The molecule has 3 aliphatic rings. The molecule has 0 aromatic heterocycles. The highest BCUT2D eigenvalue weighted by Crippen LogP contribution is 2.48. The molecule has 8 nitrogen and oxygen atoms in total. The molecule has 1 spiro atoms. The molecule has 3 fully saturated rings. The van der Waals surface area contributed by atoms with E-state index in [1.165, 1.54) is 0 Å². The van der Waals surface area contributed by atoms with Crippen molar-refractivity contribution in [3.05, 3.63) is 0 Å². The summed E-state index contributed by atoms with van der Waals surface area (Å²) in [6.45, 7) is 6.62. The fraction of sp³-hybridized carbons (Fsp3) is 1.00. The Labute approximate surface area is 218 Å².